The highest BCUT2D eigenvalue weighted by molar-refractivity contribution is 8.40. The standard InChI is InChI=1S/C18H15NO2S5/c1-22-17-18(23-2)26-16(25-17)11-15-10-9-14(24-15)8-5-12-3-6-13(7-4-12)19(20)21/h3-11H,1-2H3/b8-5+. The Hall–Kier alpha value is -1.06. The Morgan fingerprint density at radius 2 is 1.54 bits per heavy atom. The SMILES string of the molecule is CSC1=C(SC)SC(=Cc2ccc(/C=C/c3ccc([N+](=O)[O-])cc3)s2)S1. The number of nitro groups is 1. The largest absolute Gasteiger partial charge is 0.269 e. The van der Waals surface area contributed by atoms with E-state index in [9.17, 15) is 10.1 Å². The Bertz CT molecular complexity index is 879. The Labute approximate surface area is 173 Å². The van der Waals surface area contributed by atoms with Crippen LogP contribution < -0.4 is 0 Å². The number of hydrogen-bond acceptors (Lipinski definition) is 7. The summed E-state index contributed by atoms with van der Waals surface area (Å²) in [6.07, 6.45) is 10.5. The number of nitrogens with zero attached hydrogens (tertiary/aromatic N) is 1. The second-order valence-electron chi connectivity index (χ2n) is 5.07. The van der Waals surface area contributed by atoms with Crippen LogP contribution >= 0.6 is 58.4 Å². The van der Waals surface area contributed by atoms with Crippen molar-refractivity contribution in [3.63, 3.8) is 0 Å². The number of thioether (sulfide) groups is 4. The molecular formula is C18H15NO2S5. The van der Waals surface area contributed by atoms with Gasteiger partial charge < -0.3 is 0 Å². The van der Waals surface area contributed by atoms with Gasteiger partial charge in [0.25, 0.3) is 5.69 Å². The molecule has 134 valence electrons. The Kier molecular flexibility index (Phi) is 6.99. The first-order valence-corrected chi connectivity index (χ1v) is 12.4. The van der Waals surface area contributed by atoms with Gasteiger partial charge in [-0.2, -0.15) is 0 Å². The van der Waals surface area contributed by atoms with E-state index in [4.69, 9.17) is 0 Å². The lowest BCUT2D eigenvalue weighted by Gasteiger charge is -1.94. The van der Waals surface area contributed by atoms with Crippen molar-refractivity contribution in [2.24, 2.45) is 0 Å². The van der Waals surface area contributed by atoms with Crippen LogP contribution in [-0.2, 0) is 0 Å². The van der Waals surface area contributed by atoms with Crippen LogP contribution in [-0.4, -0.2) is 17.4 Å². The van der Waals surface area contributed by atoms with E-state index in [1.54, 1.807) is 47.0 Å². The van der Waals surface area contributed by atoms with Gasteiger partial charge in [-0.05, 0) is 54.5 Å². The molecule has 1 aromatic heterocycles. The molecule has 0 N–H and O–H groups in total. The first kappa shape index (κ1) is 19.7. The highest BCUT2D eigenvalue weighted by Gasteiger charge is 2.19. The van der Waals surface area contributed by atoms with E-state index in [0.29, 0.717) is 0 Å². The smallest absolute Gasteiger partial charge is 0.258 e. The number of rotatable bonds is 6. The summed E-state index contributed by atoms with van der Waals surface area (Å²) in [6.45, 7) is 0. The van der Waals surface area contributed by atoms with Gasteiger partial charge in [0.15, 0.2) is 0 Å². The number of nitro benzene ring substituents is 1. The van der Waals surface area contributed by atoms with Crippen LogP contribution in [0.3, 0.4) is 0 Å². The minimum absolute atomic E-state index is 0.113. The van der Waals surface area contributed by atoms with E-state index in [2.05, 4.69) is 30.7 Å². The van der Waals surface area contributed by atoms with Crippen molar-refractivity contribution >= 4 is 82.3 Å². The summed E-state index contributed by atoms with van der Waals surface area (Å²) in [5.74, 6) is 0. The van der Waals surface area contributed by atoms with Crippen LogP contribution in [0.5, 0.6) is 0 Å². The Morgan fingerprint density at radius 1 is 0.923 bits per heavy atom. The lowest BCUT2D eigenvalue weighted by Crippen LogP contribution is -1.86. The van der Waals surface area contributed by atoms with Crippen LogP contribution in [0.25, 0.3) is 18.2 Å². The summed E-state index contributed by atoms with van der Waals surface area (Å²) in [4.78, 5) is 12.7. The molecule has 3 rings (SSSR count). The van der Waals surface area contributed by atoms with E-state index in [0.717, 1.165) is 10.4 Å². The van der Waals surface area contributed by atoms with Gasteiger partial charge in [-0.15, -0.1) is 34.9 Å². The third-order valence-corrected chi connectivity index (χ3v) is 9.46. The maximum Gasteiger partial charge on any atom is 0.269 e. The van der Waals surface area contributed by atoms with E-state index in [1.807, 2.05) is 35.7 Å². The molecule has 1 aromatic carbocycles. The molecule has 0 aliphatic carbocycles. The average molecular weight is 438 g/mol. The molecule has 2 aromatic rings. The van der Waals surface area contributed by atoms with Crippen molar-refractivity contribution in [2.75, 3.05) is 12.5 Å². The number of thiophene rings is 1. The van der Waals surface area contributed by atoms with Crippen LogP contribution in [0.4, 0.5) is 5.69 Å². The van der Waals surface area contributed by atoms with Crippen LogP contribution in [0.2, 0.25) is 0 Å². The maximum atomic E-state index is 10.7. The second-order valence-corrected chi connectivity index (χ2v) is 10.7. The second kappa shape index (κ2) is 9.23. The first-order valence-electron chi connectivity index (χ1n) is 7.51. The van der Waals surface area contributed by atoms with E-state index < -0.39 is 0 Å². The highest BCUT2D eigenvalue weighted by Crippen LogP contribution is 2.56. The molecule has 1 aliphatic rings. The zero-order valence-corrected chi connectivity index (χ0v) is 18.1. The molecular weight excluding hydrogens is 423 g/mol. The Balaban J connectivity index is 1.67. The van der Waals surface area contributed by atoms with Crippen LogP contribution in [0.1, 0.15) is 15.3 Å². The Morgan fingerprint density at radius 3 is 2.12 bits per heavy atom. The van der Waals surface area contributed by atoms with Gasteiger partial charge >= 0.3 is 0 Å². The summed E-state index contributed by atoms with van der Waals surface area (Å²) in [5.41, 5.74) is 1.06. The minimum Gasteiger partial charge on any atom is -0.258 e. The first-order chi connectivity index (χ1) is 12.6. The molecule has 0 bridgehead atoms. The van der Waals surface area contributed by atoms with E-state index >= 15 is 0 Å². The third kappa shape index (κ3) is 5.01. The fourth-order valence-electron chi connectivity index (χ4n) is 2.13. The zero-order chi connectivity index (χ0) is 18.5. The maximum absolute atomic E-state index is 10.7. The highest BCUT2D eigenvalue weighted by atomic mass is 32.3. The molecule has 0 atom stereocenters. The lowest BCUT2D eigenvalue weighted by atomic mass is 10.2. The molecule has 2 heterocycles. The molecule has 0 unspecified atom stereocenters. The fraction of sp³-hybridized carbons (Fsp3) is 0.111. The molecule has 3 nitrogen and oxygen atoms in total. The third-order valence-electron chi connectivity index (χ3n) is 3.38. The lowest BCUT2D eigenvalue weighted by molar-refractivity contribution is -0.384. The molecule has 0 radical (unpaired) electrons. The van der Waals surface area contributed by atoms with Crippen molar-refractivity contribution in [3.8, 4) is 0 Å². The average Bonchev–Trinajstić information content (AvgIpc) is 3.26. The summed E-state index contributed by atoms with van der Waals surface area (Å²) in [7, 11) is 0. The normalized spacial score (nSPS) is 14.5. The van der Waals surface area contributed by atoms with Gasteiger partial charge in [-0.1, -0.05) is 29.6 Å². The van der Waals surface area contributed by atoms with Crippen molar-refractivity contribution in [2.45, 2.75) is 0 Å². The molecule has 0 fully saturated rings. The molecule has 0 saturated heterocycles. The quantitative estimate of drug-likeness (QED) is 0.345. The van der Waals surface area contributed by atoms with Crippen LogP contribution in [0.15, 0.2) is 49.1 Å². The monoisotopic (exact) mass is 437 g/mol. The van der Waals surface area contributed by atoms with E-state index in [-0.39, 0.29) is 10.6 Å². The van der Waals surface area contributed by atoms with Gasteiger partial charge in [0.1, 0.15) is 0 Å². The number of benzene rings is 1. The molecule has 26 heavy (non-hydrogen) atoms. The summed E-state index contributed by atoms with van der Waals surface area (Å²) in [5, 5.41) is 10.7. The molecule has 0 amide bonds. The van der Waals surface area contributed by atoms with Gasteiger partial charge in [0.05, 0.1) is 17.6 Å². The van der Waals surface area contributed by atoms with Crippen molar-refractivity contribution < 1.29 is 4.92 Å². The van der Waals surface area contributed by atoms with Gasteiger partial charge in [-0.25, -0.2) is 0 Å². The topological polar surface area (TPSA) is 43.1 Å². The molecule has 0 spiro atoms. The van der Waals surface area contributed by atoms with E-state index in [1.165, 1.54) is 29.7 Å². The van der Waals surface area contributed by atoms with Gasteiger partial charge in [0, 0.05) is 21.9 Å². The number of non-ortho nitro benzene ring substituents is 1. The van der Waals surface area contributed by atoms with Gasteiger partial charge in [0.2, 0.25) is 0 Å². The predicted octanol–water partition coefficient (Wildman–Crippen LogP) is 7.46. The van der Waals surface area contributed by atoms with Crippen molar-refractivity contribution in [1.82, 2.24) is 0 Å². The number of hydrogen-bond donors (Lipinski definition) is 0. The van der Waals surface area contributed by atoms with Gasteiger partial charge in [-0.3, -0.25) is 10.1 Å². The van der Waals surface area contributed by atoms with Crippen molar-refractivity contribution in [1.29, 1.82) is 0 Å². The molecule has 1 aliphatic heterocycles. The molecule has 0 saturated carbocycles. The minimum atomic E-state index is -0.384. The predicted molar refractivity (Wildman–Crippen MR) is 124 cm³/mol. The zero-order valence-electron chi connectivity index (χ0n) is 14.0. The summed E-state index contributed by atoms with van der Waals surface area (Å²) < 4.78 is 4.07. The fourth-order valence-corrected chi connectivity index (χ4v) is 8.07. The van der Waals surface area contributed by atoms with Crippen LogP contribution in [0, 0.1) is 10.1 Å². The van der Waals surface area contributed by atoms with Crippen molar-refractivity contribution in [3.05, 3.63) is 74.5 Å². The summed E-state index contributed by atoms with van der Waals surface area (Å²) >= 11 is 9.02. The molecule has 8 heteroatoms. The summed E-state index contributed by atoms with van der Waals surface area (Å²) in [6, 6.07) is 10.8.